The Kier molecular flexibility index (Phi) is 4.38. The van der Waals surface area contributed by atoms with E-state index >= 15 is 0 Å². The molecule has 0 unspecified atom stereocenters. The number of aromatic amines is 1. The summed E-state index contributed by atoms with van der Waals surface area (Å²) in [4.78, 5) is 0. The lowest BCUT2D eigenvalue weighted by Gasteiger charge is -2.29. The van der Waals surface area contributed by atoms with Crippen molar-refractivity contribution in [2.24, 2.45) is 0 Å². The second kappa shape index (κ2) is 6.98. The molecule has 3 nitrogen and oxygen atoms in total. The van der Waals surface area contributed by atoms with Crippen LogP contribution in [0.2, 0.25) is 0 Å². The van der Waals surface area contributed by atoms with Crippen molar-refractivity contribution >= 4 is 0 Å². The second-order valence-electron chi connectivity index (χ2n) is 6.41. The predicted octanol–water partition coefficient (Wildman–Crippen LogP) is 4.56. The van der Waals surface area contributed by atoms with Gasteiger partial charge in [-0.25, -0.2) is 0 Å². The van der Waals surface area contributed by atoms with Crippen molar-refractivity contribution in [3.05, 3.63) is 114 Å². The van der Waals surface area contributed by atoms with Crippen LogP contribution in [0.5, 0.6) is 0 Å². The summed E-state index contributed by atoms with van der Waals surface area (Å²) < 4.78 is 0. The fourth-order valence-electron chi connectivity index (χ4n) is 3.28. The van der Waals surface area contributed by atoms with E-state index in [4.69, 9.17) is 0 Å². The molecule has 26 heavy (non-hydrogen) atoms. The molecule has 0 saturated carbocycles. The Morgan fingerprint density at radius 3 is 1.77 bits per heavy atom. The van der Waals surface area contributed by atoms with Gasteiger partial charge in [-0.3, -0.25) is 5.10 Å². The standard InChI is InChI=1S/C23H20N2O/c26-23(19-12-6-2-7-13-19,20-14-8-3-9-15-20)17-21-16-22(25-24-21)18-10-4-1-5-11-18/h1-16,26H,17H2,(H,24,25). The van der Waals surface area contributed by atoms with Crippen molar-refractivity contribution in [2.45, 2.75) is 12.0 Å². The molecular weight excluding hydrogens is 320 g/mol. The molecule has 1 heterocycles. The van der Waals surface area contributed by atoms with Crippen LogP contribution in [-0.2, 0) is 12.0 Å². The molecule has 0 atom stereocenters. The number of hydrogen-bond acceptors (Lipinski definition) is 2. The molecular formula is C23H20N2O. The molecule has 0 saturated heterocycles. The molecule has 0 fully saturated rings. The van der Waals surface area contributed by atoms with E-state index in [1.165, 1.54) is 0 Å². The van der Waals surface area contributed by atoms with Crippen molar-refractivity contribution in [1.82, 2.24) is 10.2 Å². The highest BCUT2D eigenvalue weighted by Gasteiger charge is 2.32. The average molecular weight is 340 g/mol. The van der Waals surface area contributed by atoms with Crippen LogP contribution in [0, 0.1) is 0 Å². The smallest absolute Gasteiger partial charge is 0.120 e. The van der Waals surface area contributed by atoms with Gasteiger partial charge >= 0.3 is 0 Å². The van der Waals surface area contributed by atoms with Crippen LogP contribution >= 0.6 is 0 Å². The van der Waals surface area contributed by atoms with Crippen LogP contribution in [0.25, 0.3) is 11.3 Å². The average Bonchev–Trinajstić information content (AvgIpc) is 3.18. The summed E-state index contributed by atoms with van der Waals surface area (Å²) in [6.45, 7) is 0. The van der Waals surface area contributed by atoms with Gasteiger partial charge < -0.3 is 5.11 Å². The molecule has 0 aliphatic carbocycles. The zero-order valence-corrected chi connectivity index (χ0v) is 14.3. The number of aliphatic hydroxyl groups is 1. The Labute approximate surface area is 153 Å². The molecule has 1 aromatic heterocycles. The van der Waals surface area contributed by atoms with E-state index in [9.17, 15) is 5.11 Å². The van der Waals surface area contributed by atoms with Crippen molar-refractivity contribution in [3.63, 3.8) is 0 Å². The number of rotatable bonds is 5. The molecule has 0 spiro atoms. The summed E-state index contributed by atoms with van der Waals surface area (Å²) in [5.74, 6) is 0. The minimum Gasteiger partial charge on any atom is -0.380 e. The molecule has 0 bridgehead atoms. The van der Waals surface area contributed by atoms with Gasteiger partial charge in [-0.2, -0.15) is 5.10 Å². The number of benzene rings is 3. The fourth-order valence-corrected chi connectivity index (χ4v) is 3.28. The first-order valence-corrected chi connectivity index (χ1v) is 8.69. The Bertz CT molecular complexity index is 923. The maximum atomic E-state index is 11.6. The summed E-state index contributed by atoms with van der Waals surface area (Å²) in [6, 6.07) is 31.6. The van der Waals surface area contributed by atoms with Crippen LogP contribution in [0.4, 0.5) is 0 Å². The minimum absolute atomic E-state index is 0.418. The summed E-state index contributed by atoms with van der Waals surface area (Å²) in [7, 11) is 0. The van der Waals surface area contributed by atoms with E-state index < -0.39 is 5.60 Å². The molecule has 0 radical (unpaired) electrons. The lowest BCUT2D eigenvalue weighted by Crippen LogP contribution is -2.30. The monoisotopic (exact) mass is 340 g/mol. The Hall–Kier alpha value is -3.17. The second-order valence-corrected chi connectivity index (χ2v) is 6.41. The first-order valence-electron chi connectivity index (χ1n) is 8.69. The lowest BCUT2D eigenvalue weighted by atomic mass is 9.82. The third-order valence-electron chi connectivity index (χ3n) is 4.65. The van der Waals surface area contributed by atoms with Crippen LogP contribution < -0.4 is 0 Å². The summed E-state index contributed by atoms with van der Waals surface area (Å²) in [5.41, 5.74) is 3.42. The number of aromatic nitrogens is 2. The Balaban J connectivity index is 1.72. The molecule has 3 heteroatoms. The first kappa shape index (κ1) is 16.3. The first-order chi connectivity index (χ1) is 12.8. The third kappa shape index (κ3) is 3.17. The SMILES string of the molecule is OC(Cc1cc(-c2ccccc2)n[nH]1)(c1ccccc1)c1ccccc1. The largest absolute Gasteiger partial charge is 0.380 e. The molecule has 0 amide bonds. The van der Waals surface area contributed by atoms with Crippen molar-refractivity contribution < 1.29 is 5.11 Å². The molecule has 4 aromatic rings. The van der Waals surface area contributed by atoms with E-state index in [0.717, 1.165) is 28.1 Å². The van der Waals surface area contributed by atoms with Gasteiger partial charge in [-0.15, -0.1) is 0 Å². The van der Waals surface area contributed by atoms with Gasteiger partial charge in [0.1, 0.15) is 5.60 Å². The summed E-state index contributed by atoms with van der Waals surface area (Å²) in [6.07, 6.45) is 0.418. The Morgan fingerprint density at radius 2 is 1.23 bits per heavy atom. The van der Waals surface area contributed by atoms with Crippen LogP contribution in [0.1, 0.15) is 16.8 Å². The highest BCUT2D eigenvalue weighted by atomic mass is 16.3. The fraction of sp³-hybridized carbons (Fsp3) is 0.0870. The summed E-state index contributed by atoms with van der Waals surface area (Å²) in [5, 5.41) is 19.2. The van der Waals surface area contributed by atoms with Gasteiger partial charge in [0.05, 0.1) is 5.69 Å². The normalized spacial score (nSPS) is 11.4. The zero-order valence-electron chi connectivity index (χ0n) is 14.3. The van der Waals surface area contributed by atoms with Crippen LogP contribution in [0.15, 0.2) is 97.1 Å². The molecule has 4 rings (SSSR count). The van der Waals surface area contributed by atoms with E-state index in [1.54, 1.807) is 0 Å². The molecule has 0 aliphatic heterocycles. The number of H-pyrrole nitrogens is 1. The van der Waals surface area contributed by atoms with E-state index in [2.05, 4.69) is 10.2 Å². The number of nitrogens with zero attached hydrogens (tertiary/aromatic N) is 1. The third-order valence-corrected chi connectivity index (χ3v) is 4.65. The van der Waals surface area contributed by atoms with Crippen LogP contribution in [0.3, 0.4) is 0 Å². The van der Waals surface area contributed by atoms with Gasteiger partial charge in [-0.05, 0) is 17.2 Å². The molecule has 2 N–H and O–H groups in total. The highest BCUT2D eigenvalue weighted by molar-refractivity contribution is 5.59. The van der Waals surface area contributed by atoms with E-state index in [1.807, 2.05) is 97.1 Å². The van der Waals surface area contributed by atoms with Crippen molar-refractivity contribution in [3.8, 4) is 11.3 Å². The number of hydrogen-bond donors (Lipinski definition) is 2. The maximum absolute atomic E-state index is 11.6. The van der Waals surface area contributed by atoms with Gasteiger partial charge in [0.2, 0.25) is 0 Å². The summed E-state index contributed by atoms with van der Waals surface area (Å²) >= 11 is 0. The van der Waals surface area contributed by atoms with E-state index in [0.29, 0.717) is 6.42 Å². The molecule has 128 valence electrons. The maximum Gasteiger partial charge on any atom is 0.120 e. The predicted molar refractivity (Wildman–Crippen MR) is 104 cm³/mol. The number of nitrogens with one attached hydrogen (secondary N) is 1. The molecule has 0 aliphatic rings. The Morgan fingerprint density at radius 1 is 0.731 bits per heavy atom. The zero-order chi connectivity index (χ0) is 17.8. The lowest BCUT2D eigenvalue weighted by molar-refractivity contribution is 0.0800. The van der Waals surface area contributed by atoms with Gasteiger partial charge in [0.15, 0.2) is 0 Å². The van der Waals surface area contributed by atoms with Crippen LogP contribution in [-0.4, -0.2) is 15.3 Å². The van der Waals surface area contributed by atoms with Crippen molar-refractivity contribution in [1.29, 1.82) is 0 Å². The van der Waals surface area contributed by atoms with Gasteiger partial charge in [0, 0.05) is 17.7 Å². The van der Waals surface area contributed by atoms with Gasteiger partial charge in [0.25, 0.3) is 0 Å². The van der Waals surface area contributed by atoms with Crippen molar-refractivity contribution in [2.75, 3.05) is 0 Å². The highest BCUT2D eigenvalue weighted by Crippen LogP contribution is 2.33. The topological polar surface area (TPSA) is 48.9 Å². The van der Waals surface area contributed by atoms with Gasteiger partial charge in [-0.1, -0.05) is 91.0 Å². The quantitative estimate of drug-likeness (QED) is 0.560. The molecule has 3 aromatic carbocycles. The minimum atomic E-state index is -1.12. The van der Waals surface area contributed by atoms with E-state index in [-0.39, 0.29) is 0 Å².